The van der Waals surface area contributed by atoms with Crippen LogP contribution in [-0.4, -0.2) is 51.6 Å². The van der Waals surface area contributed by atoms with E-state index in [4.69, 9.17) is 0 Å². The molecule has 0 aliphatic heterocycles. The van der Waals surface area contributed by atoms with E-state index in [2.05, 4.69) is 13.1 Å². The van der Waals surface area contributed by atoms with Gasteiger partial charge in [0.05, 0.1) is 27.1 Å². The predicted molar refractivity (Wildman–Crippen MR) is 66.4 cm³/mol. The van der Waals surface area contributed by atoms with E-state index in [0.29, 0.717) is 0 Å². The first-order valence-electron chi connectivity index (χ1n) is 5.36. The maximum atomic E-state index is 12.2. The van der Waals surface area contributed by atoms with Crippen molar-refractivity contribution in [3.8, 4) is 0 Å². The van der Waals surface area contributed by atoms with E-state index in [0.717, 1.165) is 14.2 Å². The Morgan fingerprint density at radius 3 is 1.67 bits per heavy atom. The van der Waals surface area contributed by atoms with E-state index < -0.39 is 38.7 Å². The molecule has 124 valence electrons. The molecule has 0 aromatic heterocycles. The summed E-state index contributed by atoms with van der Waals surface area (Å²) in [6, 6.07) is 0. The lowest BCUT2D eigenvalue weighted by atomic mass is 10.5. The fourth-order valence-electron chi connectivity index (χ4n) is 0.934. The zero-order valence-electron chi connectivity index (χ0n) is 11.1. The molecule has 0 saturated heterocycles. The van der Waals surface area contributed by atoms with Crippen LogP contribution in [0, 0.1) is 0 Å². The molecule has 0 fully saturated rings. The van der Waals surface area contributed by atoms with Crippen molar-refractivity contribution >= 4 is 33.2 Å². The summed E-state index contributed by atoms with van der Waals surface area (Å²) in [6.07, 6.45) is -0.678. The molecule has 0 atom stereocenters. The highest BCUT2D eigenvalue weighted by molar-refractivity contribution is 8.03. The third-order valence-corrected chi connectivity index (χ3v) is 5.36. The summed E-state index contributed by atoms with van der Waals surface area (Å²) in [5, 5.41) is 0. The Balaban J connectivity index is 4.79. The zero-order valence-corrected chi connectivity index (χ0v) is 12.8. The number of carbonyl (C=O) groups is 2. The van der Waals surface area contributed by atoms with Crippen LogP contribution in [0.1, 0.15) is 12.8 Å². The molecule has 0 bridgehead atoms. The number of methoxy groups -OCH3 is 2. The van der Waals surface area contributed by atoms with Crippen LogP contribution >= 0.6 is 0 Å². The highest BCUT2D eigenvalue weighted by atomic mass is 32.3. The zero-order chi connectivity index (χ0) is 16.7. The monoisotopic (exact) mass is 355 g/mol. The fraction of sp³-hybridized carbons (Fsp3) is 0.778. The first-order valence-corrected chi connectivity index (χ1v) is 8.25. The Labute approximate surface area is 122 Å². The van der Waals surface area contributed by atoms with Crippen LogP contribution in [0.15, 0.2) is 0 Å². The van der Waals surface area contributed by atoms with Gasteiger partial charge in [-0.1, -0.05) is 0 Å². The molecule has 0 spiro atoms. The maximum absolute atomic E-state index is 12.2. The van der Waals surface area contributed by atoms with Crippen LogP contribution in [0.25, 0.3) is 0 Å². The molecule has 0 amide bonds. The highest BCUT2D eigenvalue weighted by Crippen LogP contribution is 2.27. The first-order chi connectivity index (χ1) is 9.53. The highest BCUT2D eigenvalue weighted by Gasteiger charge is 2.52. The Morgan fingerprint density at radius 2 is 1.38 bits per heavy atom. The molecule has 0 aromatic rings. The van der Waals surface area contributed by atoms with E-state index in [1.165, 1.54) is 0 Å². The maximum Gasteiger partial charge on any atom is 0.527 e. The molecule has 12 heteroatoms. The standard InChI is InChI=1S/C9H14F3O7S2/c1-17-7(13)3-5-20(6-4-8(14)18-2)19-21(15,16)9(10,11)12/h3-6H2,1-2H3/q+1. The number of esters is 2. The van der Waals surface area contributed by atoms with Crippen LogP contribution in [0.5, 0.6) is 0 Å². The van der Waals surface area contributed by atoms with Crippen LogP contribution in [-0.2, 0) is 44.0 Å². The van der Waals surface area contributed by atoms with Gasteiger partial charge in [-0.15, -0.1) is 0 Å². The van der Waals surface area contributed by atoms with E-state index >= 15 is 0 Å². The van der Waals surface area contributed by atoms with Gasteiger partial charge in [0.1, 0.15) is 0 Å². The number of carbonyl (C=O) groups excluding carboxylic acids is 2. The van der Waals surface area contributed by atoms with Gasteiger partial charge in [-0.25, -0.2) is 0 Å². The molecule has 0 aliphatic carbocycles. The lowest BCUT2D eigenvalue weighted by molar-refractivity contribution is -0.140. The molecule has 0 unspecified atom stereocenters. The molecule has 0 saturated carbocycles. The summed E-state index contributed by atoms with van der Waals surface area (Å²) in [4.78, 5) is 21.9. The lowest BCUT2D eigenvalue weighted by Gasteiger charge is -2.08. The third kappa shape index (κ3) is 7.52. The Hall–Kier alpha value is -1.01. The van der Waals surface area contributed by atoms with Crippen molar-refractivity contribution in [2.45, 2.75) is 18.3 Å². The molecule has 0 rings (SSSR count). The van der Waals surface area contributed by atoms with Gasteiger partial charge in [0.2, 0.25) is 0 Å². The van der Waals surface area contributed by atoms with Crippen LogP contribution in [0.4, 0.5) is 13.2 Å². The van der Waals surface area contributed by atoms with Crippen LogP contribution in [0.3, 0.4) is 0 Å². The molecule has 0 heterocycles. The predicted octanol–water partition coefficient (Wildman–Crippen LogP) is 0.512. The van der Waals surface area contributed by atoms with Crippen molar-refractivity contribution in [1.29, 1.82) is 0 Å². The van der Waals surface area contributed by atoms with Crippen molar-refractivity contribution in [2.75, 3.05) is 25.7 Å². The van der Waals surface area contributed by atoms with Gasteiger partial charge < -0.3 is 9.47 Å². The topological polar surface area (TPSA) is 96.0 Å². The van der Waals surface area contributed by atoms with Crippen LogP contribution < -0.4 is 0 Å². The molecule has 7 nitrogen and oxygen atoms in total. The molecular weight excluding hydrogens is 341 g/mol. The average molecular weight is 355 g/mol. The number of hydrogen-bond acceptors (Lipinski definition) is 7. The summed E-state index contributed by atoms with van der Waals surface area (Å²) >= 11 is -1.79. The van der Waals surface area contributed by atoms with E-state index in [1.54, 1.807) is 0 Å². The number of alkyl halides is 3. The van der Waals surface area contributed by atoms with Gasteiger partial charge in [-0.3, -0.25) is 9.59 Å². The molecule has 0 radical (unpaired) electrons. The number of hydrogen-bond donors (Lipinski definition) is 0. The van der Waals surface area contributed by atoms with Crippen molar-refractivity contribution in [3.63, 3.8) is 0 Å². The van der Waals surface area contributed by atoms with E-state index in [9.17, 15) is 31.2 Å². The van der Waals surface area contributed by atoms with Gasteiger partial charge in [0.25, 0.3) is 0 Å². The smallest absolute Gasteiger partial charge is 0.469 e. The van der Waals surface area contributed by atoms with Gasteiger partial charge in [-0.05, 0) is 3.63 Å². The van der Waals surface area contributed by atoms with Gasteiger partial charge in [-0.2, -0.15) is 21.6 Å². The first kappa shape index (κ1) is 20.0. The second-order valence-electron chi connectivity index (χ2n) is 3.47. The van der Waals surface area contributed by atoms with Crippen molar-refractivity contribution in [2.24, 2.45) is 0 Å². The van der Waals surface area contributed by atoms with Gasteiger partial charge >= 0.3 is 27.6 Å². The summed E-state index contributed by atoms with van der Waals surface area (Å²) in [6.45, 7) is 0. The summed E-state index contributed by atoms with van der Waals surface area (Å²) < 4.78 is 71.2. The summed E-state index contributed by atoms with van der Waals surface area (Å²) in [5.41, 5.74) is -5.57. The molecule has 21 heavy (non-hydrogen) atoms. The number of halogens is 3. The molecule has 0 aromatic carbocycles. The Bertz CT molecular complexity index is 440. The van der Waals surface area contributed by atoms with Crippen molar-refractivity contribution in [1.82, 2.24) is 0 Å². The minimum absolute atomic E-state index is 0.320. The minimum Gasteiger partial charge on any atom is -0.469 e. The third-order valence-electron chi connectivity index (χ3n) is 1.99. The second kappa shape index (κ2) is 8.44. The van der Waals surface area contributed by atoms with E-state index in [-0.39, 0.29) is 24.3 Å². The minimum atomic E-state index is -5.80. The normalized spacial score (nSPS) is 12.3. The molecule has 0 aliphatic rings. The lowest BCUT2D eigenvalue weighted by Crippen LogP contribution is -2.31. The van der Waals surface area contributed by atoms with Crippen molar-refractivity contribution < 1.29 is 44.3 Å². The number of ether oxygens (including phenoxy) is 2. The Kier molecular flexibility index (Phi) is 8.03. The fourth-order valence-corrected chi connectivity index (χ4v) is 3.79. The van der Waals surface area contributed by atoms with Crippen LogP contribution in [0.2, 0.25) is 0 Å². The Morgan fingerprint density at radius 1 is 1.00 bits per heavy atom. The SMILES string of the molecule is COC(=O)CC[S+](CCC(=O)OC)OS(=O)(=O)C(F)(F)F. The number of rotatable bonds is 8. The largest absolute Gasteiger partial charge is 0.527 e. The van der Waals surface area contributed by atoms with Gasteiger partial charge in [0.15, 0.2) is 22.7 Å². The van der Waals surface area contributed by atoms with Crippen molar-refractivity contribution in [3.05, 3.63) is 0 Å². The average Bonchev–Trinajstić information content (AvgIpc) is 2.39. The molecule has 0 N–H and O–H groups in total. The van der Waals surface area contributed by atoms with E-state index in [1.807, 2.05) is 0 Å². The second-order valence-corrected chi connectivity index (χ2v) is 7.08. The summed E-state index contributed by atoms with van der Waals surface area (Å²) in [7, 11) is -3.65. The quantitative estimate of drug-likeness (QED) is 0.356. The summed E-state index contributed by atoms with van der Waals surface area (Å²) in [5.74, 6) is -2.12. The van der Waals surface area contributed by atoms with Gasteiger partial charge in [0, 0.05) is 0 Å². The molecular formula is C9H14F3O7S2+.